The van der Waals surface area contributed by atoms with E-state index in [9.17, 15) is 4.79 Å². The summed E-state index contributed by atoms with van der Waals surface area (Å²) in [5, 5.41) is 0. The number of esters is 1. The van der Waals surface area contributed by atoms with Gasteiger partial charge in [0.1, 0.15) is 6.61 Å². The Balaban J connectivity index is 2.34. The monoisotopic (exact) mass is 247 g/mol. The number of hydrogen-bond donors (Lipinski definition) is 0. The minimum atomic E-state index is -0.314. The Morgan fingerprint density at radius 1 is 1.33 bits per heavy atom. The van der Waals surface area contributed by atoms with Crippen molar-refractivity contribution >= 4 is 5.97 Å². The molecule has 1 rings (SSSR count). The molecule has 0 aliphatic rings. The van der Waals surface area contributed by atoms with Crippen molar-refractivity contribution in [2.45, 2.75) is 20.4 Å². The first-order chi connectivity index (χ1) is 8.63. The first-order valence-electron chi connectivity index (χ1n) is 6.22. The van der Waals surface area contributed by atoms with Gasteiger partial charge in [0.05, 0.1) is 0 Å². The SMILES string of the molecule is C=C(C)C(=O)OCCN(CC)Cc1ccccc1. The molecule has 0 saturated heterocycles. The molecule has 3 nitrogen and oxygen atoms in total. The van der Waals surface area contributed by atoms with Crippen molar-refractivity contribution in [2.24, 2.45) is 0 Å². The van der Waals surface area contributed by atoms with E-state index in [1.54, 1.807) is 6.92 Å². The van der Waals surface area contributed by atoms with Gasteiger partial charge in [0.15, 0.2) is 0 Å². The zero-order valence-electron chi connectivity index (χ0n) is 11.2. The molecule has 1 aromatic rings. The highest BCUT2D eigenvalue weighted by molar-refractivity contribution is 5.86. The second-order valence-corrected chi connectivity index (χ2v) is 4.27. The highest BCUT2D eigenvalue weighted by Gasteiger charge is 2.06. The van der Waals surface area contributed by atoms with Gasteiger partial charge in [-0.05, 0) is 19.0 Å². The molecule has 0 spiro atoms. The number of benzene rings is 1. The average Bonchev–Trinajstić information content (AvgIpc) is 2.38. The van der Waals surface area contributed by atoms with Gasteiger partial charge in [-0.15, -0.1) is 0 Å². The van der Waals surface area contributed by atoms with Crippen LogP contribution in [-0.2, 0) is 16.1 Å². The Kier molecular flexibility index (Phi) is 6.15. The summed E-state index contributed by atoms with van der Waals surface area (Å²) in [6.45, 7) is 10.3. The fourth-order valence-electron chi connectivity index (χ4n) is 1.58. The van der Waals surface area contributed by atoms with E-state index in [1.165, 1.54) is 5.56 Å². The summed E-state index contributed by atoms with van der Waals surface area (Å²) in [5.74, 6) is -0.314. The van der Waals surface area contributed by atoms with Gasteiger partial charge in [-0.1, -0.05) is 43.8 Å². The molecule has 1 aromatic carbocycles. The fourth-order valence-corrected chi connectivity index (χ4v) is 1.58. The first-order valence-corrected chi connectivity index (χ1v) is 6.22. The normalized spacial score (nSPS) is 10.4. The lowest BCUT2D eigenvalue weighted by molar-refractivity contribution is -0.139. The standard InChI is InChI=1S/C15H21NO2/c1-4-16(10-11-18-15(17)13(2)3)12-14-8-6-5-7-9-14/h5-9H,2,4,10-12H2,1,3H3. The van der Waals surface area contributed by atoms with Gasteiger partial charge in [0.25, 0.3) is 0 Å². The Labute approximate surface area is 109 Å². The summed E-state index contributed by atoms with van der Waals surface area (Å²) in [4.78, 5) is 13.5. The van der Waals surface area contributed by atoms with Gasteiger partial charge in [0, 0.05) is 18.7 Å². The molecule has 0 N–H and O–H groups in total. The highest BCUT2D eigenvalue weighted by atomic mass is 16.5. The van der Waals surface area contributed by atoms with E-state index < -0.39 is 0 Å². The van der Waals surface area contributed by atoms with Crippen molar-refractivity contribution in [1.29, 1.82) is 0 Å². The fraction of sp³-hybridized carbons (Fsp3) is 0.400. The maximum Gasteiger partial charge on any atom is 0.333 e. The molecule has 18 heavy (non-hydrogen) atoms. The van der Waals surface area contributed by atoms with Gasteiger partial charge >= 0.3 is 5.97 Å². The van der Waals surface area contributed by atoms with Crippen LogP contribution in [0.2, 0.25) is 0 Å². The number of nitrogens with zero attached hydrogens (tertiary/aromatic N) is 1. The third kappa shape index (κ3) is 5.15. The first kappa shape index (κ1) is 14.5. The molecule has 0 aliphatic carbocycles. The predicted molar refractivity (Wildman–Crippen MR) is 73.2 cm³/mol. The van der Waals surface area contributed by atoms with Crippen LogP contribution < -0.4 is 0 Å². The van der Waals surface area contributed by atoms with E-state index in [-0.39, 0.29) is 5.97 Å². The minimum Gasteiger partial charge on any atom is -0.461 e. The molecule has 3 heteroatoms. The van der Waals surface area contributed by atoms with Crippen LogP contribution in [0.15, 0.2) is 42.5 Å². The van der Waals surface area contributed by atoms with Crippen molar-refractivity contribution in [3.63, 3.8) is 0 Å². The van der Waals surface area contributed by atoms with Crippen molar-refractivity contribution < 1.29 is 9.53 Å². The molecule has 98 valence electrons. The molecular weight excluding hydrogens is 226 g/mol. The summed E-state index contributed by atoms with van der Waals surface area (Å²) in [6.07, 6.45) is 0. The van der Waals surface area contributed by atoms with Crippen LogP contribution in [0.1, 0.15) is 19.4 Å². The summed E-state index contributed by atoms with van der Waals surface area (Å²) in [7, 11) is 0. The molecule has 0 radical (unpaired) electrons. The van der Waals surface area contributed by atoms with E-state index in [1.807, 2.05) is 18.2 Å². The zero-order chi connectivity index (χ0) is 13.4. The van der Waals surface area contributed by atoms with Gasteiger partial charge in [-0.2, -0.15) is 0 Å². The van der Waals surface area contributed by atoms with Crippen LogP contribution in [0.4, 0.5) is 0 Å². The summed E-state index contributed by atoms with van der Waals surface area (Å²) in [6, 6.07) is 10.3. The zero-order valence-corrected chi connectivity index (χ0v) is 11.2. The van der Waals surface area contributed by atoms with Gasteiger partial charge in [0.2, 0.25) is 0 Å². The largest absolute Gasteiger partial charge is 0.461 e. The third-order valence-electron chi connectivity index (χ3n) is 2.69. The Morgan fingerprint density at radius 2 is 2.00 bits per heavy atom. The lowest BCUT2D eigenvalue weighted by Gasteiger charge is -2.20. The van der Waals surface area contributed by atoms with E-state index >= 15 is 0 Å². The van der Waals surface area contributed by atoms with Gasteiger partial charge in [-0.3, -0.25) is 4.90 Å². The van der Waals surface area contributed by atoms with Crippen LogP contribution in [0.25, 0.3) is 0 Å². The molecule has 0 aliphatic heterocycles. The Hall–Kier alpha value is -1.61. The lowest BCUT2D eigenvalue weighted by atomic mass is 10.2. The number of ether oxygens (including phenoxy) is 1. The van der Waals surface area contributed by atoms with E-state index in [0.29, 0.717) is 12.2 Å². The molecular formula is C15H21NO2. The smallest absolute Gasteiger partial charge is 0.333 e. The van der Waals surface area contributed by atoms with E-state index in [4.69, 9.17) is 4.74 Å². The summed E-state index contributed by atoms with van der Waals surface area (Å²) in [5.41, 5.74) is 1.71. The van der Waals surface area contributed by atoms with Gasteiger partial charge in [-0.25, -0.2) is 4.79 Å². The van der Waals surface area contributed by atoms with Crippen molar-refractivity contribution in [3.05, 3.63) is 48.0 Å². The third-order valence-corrected chi connectivity index (χ3v) is 2.69. The highest BCUT2D eigenvalue weighted by Crippen LogP contribution is 2.04. The second kappa shape index (κ2) is 7.67. The number of carbonyl (C=O) groups is 1. The molecule has 0 aromatic heterocycles. The van der Waals surface area contributed by atoms with Crippen LogP contribution in [0.3, 0.4) is 0 Å². The number of carbonyl (C=O) groups excluding carboxylic acids is 1. The Morgan fingerprint density at radius 3 is 2.56 bits per heavy atom. The average molecular weight is 247 g/mol. The van der Waals surface area contributed by atoms with Crippen LogP contribution >= 0.6 is 0 Å². The molecule has 0 unspecified atom stereocenters. The number of hydrogen-bond acceptors (Lipinski definition) is 3. The number of rotatable bonds is 7. The summed E-state index contributed by atoms with van der Waals surface area (Å²) < 4.78 is 5.09. The van der Waals surface area contributed by atoms with Gasteiger partial charge < -0.3 is 4.74 Å². The minimum absolute atomic E-state index is 0.314. The molecule has 0 fully saturated rings. The van der Waals surface area contributed by atoms with E-state index in [2.05, 4.69) is 30.5 Å². The van der Waals surface area contributed by atoms with Crippen molar-refractivity contribution in [1.82, 2.24) is 4.90 Å². The number of likely N-dealkylation sites (N-methyl/N-ethyl adjacent to an activating group) is 1. The second-order valence-electron chi connectivity index (χ2n) is 4.27. The van der Waals surface area contributed by atoms with Crippen molar-refractivity contribution in [3.8, 4) is 0 Å². The molecule has 0 saturated carbocycles. The Bertz CT molecular complexity index is 387. The van der Waals surface area contributed by atoms with Crippen LogP contribution in [-0.4, -0.2) is 30.6 Å². The molecule has 0 amide bonds. The summed E-state index contributed by atoms with van der Waals surface area (Å²) >= 11 is 0. The maximum absolute atomic E-state index is 11.2. The molecule has 0 atom stereocenters. The van der Waals surface area contributed by atoms with Crippen molar-refractivity contribution in [2.75, 3.05) is 19.7 Å². The predicted octanol–water partition coefficient (Wildman–Crippen LogP) is 2.63. The maximum atomic E-state index is 11.2. The lowest BCUT2D eigenvalue weighted by Crippen LogP contribution is -2.27. The van der Waals surface area contributed by atoms with E-state index in [0.717, 1.165) is 19.6 Å². The topological polar surface area (TPSA) is 29.5 Å². The van der Waals surface area contributed by atoms with Crippen LogP contribution in [0.5, 0.6) is 0 Å². The quantitative estimate of drug-likeness (QED) is 0.548. The molecule has 0 bridgehead atoms. The molecule has 0 heterocycles. The van der Waals surface area contributed by atoms with Crippen LogP contribution in [0, 0.1) is 0 Å².